The Morgan fingerprint density at radius 2 is 2.44 bits per heavy atom. The first-order valence-electron chi connectivity index (χ1n) is 6.57. The summed E-state index contributed by atoms with van der Waals surface area (Å²) in [7, 11) is 0. The predicted octanol–water partition coefficient (Wildman–Crippen LogP) is 2.03. The molecule has 1 unspecified atom stereocenters. The van der Waals surface area contributed by atoms with E-state index in [9.17, 15) is 4.79 Å². The van der Waals surface area contributed by atoms with Gasteiger partial charge < -0.3 is 10.0 Å². The maximum Gasteiger partial charge on any atom is 0.163 e. The molecule has 0 aromatic carbocycles. The summed E-state index contributed by atoms with van der Waals surface area (Å²) in [6.07, 6.45) is 5.76. The van der Waals surface area contributed by atoms with Gasteiger partial charge in [0.2, 0.25) is 0 Å². The molecule has 2 rings (SSSR count). The van der Waals surface area contributed by atoms with E-state index < -0.39 is 0 Å². The number of anilines is 1. The summed E-state index contributed by atoms with van der Waals surface area (Å²) in [6, 6.07) is 4.05. The van der Waals surface area contributed by atoms with Crippen LogP contribution in [0.25, 0.3) is 0 Å². The second-order valence-electron chi connectivity index (χ2n) is 4.79. The highest BCUT2D eigenvalue weighted by Gasteiger charge is 2.27. The van der Waals surface area contributed by atoms with Crippen LogP contribution in [-0.4, -0.2) is 35.1 Å². The number of ketones is 1. The molecule has 4 nitrogen and oxygen atoms in total. The summed E-state index contributed by atoms with van der Waals surface area (Å²) in [4.78, 5) is 18.2. The lowest BCUT2D eigenvalue weighted by atomic mass is 10.1. The summed E-state index contributed by atoms with van der Waals surface area (Å²) in [5.41, 5.74) is 0.702. The fraction of sp³-hybridized carbons (Fsp3) is 0.571. The quantitative estimate of drug-likeness (QED) is 0.810. The number of carbonyl (C=O) groups is 1. The van der Waals surface area contributed by atoms with Crippen molar-refractivity contribution < 1.29 is 9.90 Å². The summed E-state index contributed by atoms with van der Waals surface area (Å²) in [5.74, 6) is 0.872. The third-order valence-corrected chi connectivity index (χ3v) is 3.51. The van der Waals surface area contributed by atoms with Crippen LogP contribution in [0.4, 0.5) is 5.82 Å². The van der Waals surface area contributed by atoms with Crippen LogP contribution in [0.1, 0.15) is 43.0 Å². The van der Waals surface area contributed by atoms with E-state index in [1.807, 2.05) is 6.07 Å². The zero-order valence-electron chi connectivity index (χ0n) is 10.8. The van der Waals surface area contributed by atoms with Gasteiger partial charge in [-0.1, -0.05) is 0 Å². The van der Waals surface area contributed by atoms with E-state index in [-0.39, 0.29) is 12.4 Å². The second kappa shape index (κ2) is 5.96. The number of hydrogen-bond acceptors (Lipinski definition) is 4. The molecule has 0 bridgehead atoms. The first kappa shape index (κ1) is 13.0. The first-order chi connectivity index (χ1) is 8.74. The molecule has 1 aliphatic heterocycles. The van der Waals surface area contributed by atoms with Crippen molar-refractivity contribution in [1.29, 1.82) is 0 Å². The van der Waals surface area contributed by atoms with E-state index in [0.29, 0.717) is 11.6 Å². The number of aromatic nitrogens is 1. The molecular formula is C14H20N2O2. The van der Waals surface area contributed by atoms with Gasteiger partial charge in [0.1, 0.15) is 5.82 Å². The molecule has 18 heavy (non-hydrogen) atoms. The van der Waals surface area contributed by atoms with E-state index in [1.165, 1.54) is 0 Å². The third kappa shape index (κ3) is 2.70. The van der Waals surface area contributed by atoms with Gasteiger partial charge in [-0.3, -0.25) is 4.79 Å². The van der Waals surface area contributed by atoms with E-state index in [0.717, 1.165) is 38.0 Å². The highest BCUT2D eigenvalue weighted by molar-refractivity contribution is 5.98. The van der Waals surface area contributed by atoms with Crippen LogP contribution in [0, 0.1) is 0 Å². The van der Waals surface area contributed by atoms with Gasteiger partial charge in [0.15, 0.2) is 5.78 Å². The number of carbonyl (C=O) groups excluding carboxylic acids is 1. The number of Topliss-reactive ketones (excluding diaryl/α,β-unsaturated/α-hetero) is 1. The fourth-order valence-corrected chi connectivity index (χ4v) is 2.64. The minimum atomic E-state index is 0.0610. The molecule has 1 aliphatic rings. The Labute approximate surface area is 108 Å². The van der Waals surface area contributed by atoms with Crippen LogP contribution in [0.3, 0.4) is 0 Å². The minimum absolute atomic E-state index is 0.0610. The Kier molecular flexibility index (Phi) is 4.31. The van der Waals surface area contributed by atoms with Crippen LogP contribution in [0.15, 0.2) is 18.3 Å². The van der Waals surface area contributed by atoms with Gasteiger partial charge in [0, 0.05) is 25.4 Å². The minimum Gasteiger partial charge on any atom is -0.396 e. The molecule has 0 radical (unpaired) electrons. The normalized spacial score (nSPS) is 19.2. The summed E-state index contributed by atoms with van der Waals surface area (Å²) < 4.78 is 0. The summed E-state index contributed by atoms with van der Waals surface area (Å²) in [5, 5.41) is 8.94. The molecule has 98 valence electrons. The Bertz CT molecular complexity index is 420. The Morgan fingerprint density at radius 1 is 1.61 bits per heavy atom. The van der Waals surface area contributed by atoms with Crippen molar-refractivity contribution in [3.05, 3.63) is 23.9 Å². The van der Waals surface area contributed by atoms with E-state index in [1.54, 1.807) is 19.2 Å². The molecule has 1 atom stereocenters. The molecule has 0 amide bonds. The molecule has 1 aromatic rings. The molecule has 0 aliphatic carbocycles. The number of aliphatic hydroxyl groups excluding tert-OH is 1. The Morgan fingerprint density at radius 3 is 3.17 bits per heavy atom. The van der Waals surface area contributed by atoms with Crippen molar-refractivity contribution >= 4 is 11.6 Å². The van der Waals surface area contributed by atoms with Crippen LogP contribution < -0.4 is 4.90 Å². The van der Waals surface area contributed by atoms with E-state index in [2.05, 4.69) is 9.88 Å². The van der Waals surface area contributed by atoms with Crippen molar-refractivity contribution in [2.24, 2.45) is 0 Å². The average molecular weight is 248 g/mol. The number of hydrogen-bond donors (Lipinski definition) is 1. The largest absolute Gasteiger partial charge is 0.396 e. The van der Waals surface area contributed by atoms with Gasteiger partial charge in [0.25, 0.3) is 0 Å². The van der Waals surface area contributed by atoms with Crippen LogP contribution in [0.5, 0.6) is 0 Å². The molecule has 0 saturated carbocycles. The molecule has 4 heteroatoms. The van der Waals surface area contributed by atoms with Gasteiger partial charge in [-0.15, -0.1) is 0 Å². The molecule has 1 fully saturated rings. The van der Waals surface area contributed by atoms with Crippen LogP contribution in [-0.2, 0) is 0 Å². The zero-order valence-corrected chi connectivity index (χ0v) is 10.8. The molecule has 2 heterocycles. The molecule has 1 N–H and O–H groups in total. The maximum atomic E-state index is 11.6. The SMILES string of the molecule is CC(=O)c1cccnc1N1CCCC1CCCO. The Hall–Kier alpha value is -1.42. The zero-order chi connectivity index (χ0) is 13.0. The van der Waals surface area contributed by atoms with Crippen molar-refractivity contribution in [3.63, 3.8) is 0 Å². The Balaban J connectivity index is 2.21. The van der Waals surface area contributed by atoms with Gasteiger partial charge in [-0.2, -0.15) is 0 Å². The number of rotatable bonds is 5. The lowest BCUT2D eigenvalue weighted by Crippen LogP contribution is -2.31. The average Bonchev–Trinajstić information content (AvgIpc) is 2.84. The van der Waals surface area contributed by atoms with Crippen molar-refractivity contribution in [3.8, 4) is 0 Å². The number of nitrogens with zero attached hydrogens (tertiary/aromatic N) is 2. The van der Waals surface area contributed by atoms with Crippen molar-refractivity contribution in [2.45, 2.75) is 38.6 Å². The standard InChI is InChI=1S/C14H20N2O2/c1-11(18)13-7-2-8-15-14(13)16-9-3-5-12(16)6-4-10-17/h2,7-8,12,17H,3-6,9-10H2,1H3. The molecular weight excluding hydrogens is 228 g/mol. The van der Waals surface area contributed by atoms with E-state index in [4.69, 9.17) is 5.11 Å². The highest BCUT2D eigenvalue weighted by Crippen LogP contribution is 2.29. The predicted molar refractivity (Wildman–Crippen MR) is 70.9 cm³/mol. The molecule has 1 aromatic heterocycles. The van der Waals surface area contributed by atoms with Crippen molar-refractivity contribution in [1.82, 2.24) is 4.98 Å². The van der Waals surface area contributed by atoms with Gasteiger partial charge in [0.05, 0.1) is 5.56 Å². The van der Waals surface area contributed by atoms with Gasteiger partial charge in [-0.05, 0) is 44.7 Å². The lowest BCUT2D eigenvalue weighted by Gasteiger charge is -2.27. The van der Waals surface area contributed by atoms with Crippen molar-refractivity contribution in [2.75, 3.05) is 18.1 Å². The monoisotopic (exact) mass is 248 g/mol. The summed E-state index contributed by atoms with van der Waals surface area (Å²) in [6.45, 7) is 2.76. The second-order valence-corrected chi connectivity index (χ2v) is 4.79. The number of aliphatic hydroxyl groups is 1. The smallest absolute Gasteiger partial charge is 0.163 e. The third-order valence-electron chi connectivity index (χ3n) is 3.51. The fourth-order valence-electron chi connectivity index (χ4n) is 2.64. The highest BCUT2D eigenvalue weighted by atomic mass is 16.2. The maximum absolute atomic E-state index is 11.6. The number of pyridine rings is 1. The van der Waals surface area contributed by atoms with Gasteiger partial charge in [-0.25, -0.2) is 4.98 Å². The van der Waals surface area contributed by atoms with Gasteiger partial charge >= 0.3 is 0 Å². The van der Waals surface area contributed by atoms with E-state index >= 15 is 0 Å². The lowest BCUT2D eigenvalue weighted by molar-refractivity contribution is 0.101. The molecule has 1 saturated heterocycles. The topological polar surface area (TPSA) is 53.4 Å². The first-order valence-corrected chi connectivity index (χ1v) is 6.57. The van der Waals surface area contributed by atoms with Crippen LogP contribution >= 0.6 is 0 Å². The molecule has 0 spiro atoms. The van der Waals surface area contributed by atoms with Crippen LogP contribution in [0.2, 0.25) is 0 Å². The summed E-state index contributed by atoms with van der Waals surface area (Å²) >= 11 is 0.